The van der Waals surface area contributed by atoms with Crippen LogP contribution in [0.2, 0.25) is 0 Å². The van der Waals surface area contributed by atoms with Crippen molar-refractivity contribution < 1.29 is 9.47 Å². The molecule has 0 bridgehead atoms. The number of methoxy groups -OCH3 is 1. The topological polar surface area (TPSA) is 49.2 Å². The second-order valence-corrected chi connectivity index (χ2v) is 5.95. The number of aromatic nitrogens is 3. The van der Waals surface area contributed by atoms with E-state index in [9.17, 15) is 0 Å². The molecule has 0 atom stereocenters. The molecule has 4 rings (SSSR count). The summed E-state index contributed by atoms with van der Waals surface area (Å²) in [5.41, 5.74) is 2.89. The maximum absolute atomic E-state index is 6.12. The molecule has 0 fully saturated rings. The number of hydrogen-bond donors (Lipinski definition) is 0. The van der Waals surface area contributed by atoms with Gasteiger partial charge in [0.1, 0.15) is 18.1 Å². The Balaban J connectivity index is 1.73. The van der Waals surface area contributed by atoms with Gasteiger partial charge in [-0.3, -0.25) is 0 Å². The quantitative estimate of drug-likeness (QED) is 0.509. The fourth-order valence-electron chi connectivity index (χ4n) is 2.87. The zero-order valence-corrected chi connectivity index (χ0v) is 14.9. The molecular formula is C22H19N3O2. The highest BCUT2D eigenvalue weighted by atomic mass is 16.5. The summed E-state index contributed by atoms with van der Waals surface area (Å²) in [5, 5.41) is 4.44. The summed E-state index contributed by atoms with van der Waals surface area (Å²) >= 11 is 0. The first kappa shape index (κ1) is 16.8. The lowest BCUT2D eigenvalue weighted by atomic mass is 10.1. The molecule has 2 aromatic heterocycles. The average Bonchev–Trinajstić information content (AvgIpc) is 3.23. The Morgan fingerprint density at radius 1 is 0.889 bits per heavy atom. The first-order chi connectivity index (χ1) is 13.3. The predicted molar refractivity (Wildman–Crippen MR) is 104 cm³/mol. The van der Waals surface area contributed by atoms with E-state index < -0.39 is 0 Å². The van der Waals surface area contributed by atoms with Crippen molar-refractivity contribution in [1.29, 1.82) is 0 Å². The zero-order valence-electron chi connectivity index (χ0n) is 14.9. The number of nitrogens with zero attached hydrogens (tertiary/aromatic N) is 3. The van der Waals surface area contributed by atoms with Crippen LogP contribution in [0.15, 0.2) is 85.2 Å². The summed E-state index contributed by atoms with van der Waals surface area (Å²) in [6, 6.07) is 23.5. The Bertz CT molecular complexity index is 1010. The first-order valence-electron chi connectivity index (χ1n) is 8.66. The third kappa shape index (κ3) is 3.67. The highest BCUT2D eigenvalue weighted by molar-refractivity contribution is 5.70. The minimum Gasteiger partial charge on any atom is -0.497 e. The van der Waals surface area contributed by atoms with E-state index in [2.05, 4.69) is 10.1 Å². The van der Waals surface area contributed by atoms with Crippen LogP contribution in [0, 0.1) is 0 Å². The fraction of sp³-hybridized carbons (Fsp3) is 0.0909. The van der Waals surface area contributed by atoms with Crippen molar-refractivity contribution in [1.82, 2.24) is 14.8 Å². The maximum Gasteiger partial charge on any atom is 0.153 e. The lowest BCUT2D eigenvalue weighted by Gasteiger charge is -2.14. The van der Waals surface area contributed by atoms with Crippen molar-refractivity contribution in [3.05, 3.63) is 90.8 Å². The number of benzene rings is 2. The van der Waals surface area contributed by atoms with Crippen molar-refractivity contribution in [2.24, 2.45) is 0 Å². The Labute approximate surface area is 157 Å². The zero-order chi connectivity index (χ0) is 18.5. The smallest absolute Gasteiger partial charge is 0.153 e. The minimum atomic E-state index is 0.484. The van der Waals surface area contributed by atoms with E-state index in [-0.39, 0.29) is 0 Å². The summed E-state index contributed by atoms with van der Waals surface area (Å²) < 4.78 is 13.3. The van der Waals surface area contributed by atoms with E-state index in [1.807, 2.05) is 72.8 Å². The van der Waals surface area contributed by atoms with E-state index in [4.69, 9.17) is 9.47 Å². The standard InChI is InChI=1S/C22H19N3O2/c1-26-18-10-11-21(27-16-17-7-3-2-4-8-17)19(15-18)20-12-14-24-25(20)22-9-5-6-13-23-22/h2-15H,16H2,1H3. The molecule has 2 aromatic carbocycles. The van der Waals surface area contributed by atoms with Gasteiger partial charge in [0, 0.05) is 11.8 Å². The molecule has 0 saturated carbocycles. The van der Waals surface area contributed by atoms with Gasteiger partial charge in [0.15, 0.2) is 5.82 Å². The maximum atomic E-state index is 6.12. The third-order valence-corrected chi connectivity index (χ3v) is 4.21. The number of hydrogen-bond acceptors (Lipinski definition) is 4. The van der Waals surface area contributed by atoms with Gasteiger partial charge in [-0.05, 0) is 42.0 Å². The van der Waals surface area contributed by atoms with Crippen molar-refractivity contribution >= 4 is 0 Å². The van der Waals surface area contributed by atoms with Crippen molar-refractivity contribution in [2.45, 2.75) is 6.61 Å². The predicted octanol–water partition coefficient (Wildman–Crippen LogP) is 4.52. The Kier molecular flexibility index (Phi) is 4.83. The van der Waals surface area contributed by atoms with Gasteiger partial charge in [0.2, 0.25) is 0 Å². The molecule has 0 aliphatic rings. The highest BCUT2D eigenvalue weighted by Crippen LogP contribution is 2.34. The molecule has 2 heterocycles. The van der Waals surface area contributed by atoms with Crippen LogP contribution in [0.3, 0.4) is 0 Å². The molecule has 0 spiro atoms. The second kappa shape index (κ2) is 7.74. The average molecular weight is 357 g/mol. The van der Waals surface area contributed by atoms with Gasteiger partial charge in [0.25, 0.3) is 0 Å². The molecule has 0 radical (unpaired) electrons. The van der Waals surface area contributed by atoms with Gasteiger partial charge in [-0.15, -0.1) is 0 Å². The monoisotopic (exact) mass is 357 g/mol. The van der Waals surface area contributed by atoms with E-state index in [0.29, 0.717) is 6.61 Å². The van der Waals surface area contributed by atoms with Crippen LogP contribution in [-0.2, 0) is 6.61 Å². The lowest BCUT2D eigenvalue weighted by Crippen LogP contribution is -2.03. The fourth-order valence-corrected chi connectivity index (χ4v) is 2.87. The molecule has 0 aliphatic carbocycles. The van der Waals surface area contributed by atoms with Crippen molar-refractivity contribution in [3.63, 3.8) is 0 Å². The Morgan fingerprint density at radius 2 is 1.74 bits per heavy atom. The molecule has 0 unspecified atom stereocenters. The molecule has 0 N–H and O–H groups in total. The number of pyridine rings is 1. The van der Waals surface area contributed by atoms with Crippen molar-refractivity contribution in [2.75, 3.05) is 7.11 Å². The molecule has 0 aliphatic heterocycles. The van der Waals surface area contributed by atoms with Crippen molar-refractivity contribution in [3.8, 4) is 28.6 Å². The summed E-state index contributed by atoms with van der Waals surface area (Å²) in [4.78, 5) is 4.40. The van der Waals surface area contributed by atoms with Crippen LogP contribution in [0.25, 0.3) is 17.1 Å². The first-order valence-corrected chi connectivity index (χ1v) is 8.66. The van der Waals surface area contributed by atoms with Gasteiger partial charge in [-0.25, -0.2) is 9.67 Å². The molecular weight excluding hydrogens is 338 g/mol. The van der Waals surface area contributed by atoms with Crippen LogP contribution in [0.4, 0.5) is 0 Å². The highest BCUT2D eigenvalue weighted by Gasteiger charge is 2.15. The molecule has 0 saturated heterocycles. The van der Waals surface area contributed by atoms with Crippen LogP contribution in [0.5, 0.6) is 11.5 Å². The van der Waals surface area contributed by atoms with E-state index in [0.717, 1.165) is 34.1 Å². The summed E-state index contributed by atoms with van der Waals surface area (Å²) in [6.07, 6.45) is 3.50. The molecule has 5 heteroatoms. The molecule has 134 valence electrons. The van der Waals surface area contributed by atoms with Gasteiger partial charge in [0.05, 0.1) is 19.0 Å². The Morgan fingerprint density at radius 3 is 2.52 bits per heavy atom. The molecule has 0 amide bonds. The normalized spacial score (nSPS) is 10.6. The van der Waals surface area contributed by atoms with E-state index in [1.54, 1.807) is 24.2 Å². The van der Waals surface area contributed by atoms with Gasteiger partial charge >= 0.3 is 0 Å². The van der Waals surface area contributed by atoms with E-state index in [1.165, 1.54) is 0 Å². The minimum absolute atomic E-state index is 0.484. The summed E-state index contributed by atoms with van der Waals surface area (Å²) in [7, 11) is 1.65. The summed E-state index contributed by atoms with van der Waals surface area (Å²) in [5.74, 6) is 2.26. The summed E-state index contributed by atoms with van der Waals surface area (Å²) in [6.45, 7) is 0.484. The Hall–Kier alpha value is -3.60. The van der Waals surface area contributed by atoms with Gasteiger partial charge in [-0.2, -0.15) is 5.10 Å². The third-order valence-electron chi connectivity index (χ3n) is 4.21. The second-order valence-electron chi connectivity index (χ2n) is 5.95. The van der Waals surface area contributed by atoms with Gasteiger partial charge in [-0.1, -0.05) is 36.4 Å². The van der Waals surface area contributed by atoms with Crippen LogP contribution in [0.1, 0.15) is 5.56 Å². The number of ether oxygens (including phenoxy) is 2. The lowest BCUT2D eigenvalue weighted by molar-refractivity contribution is 0.306. The molecule has 5 nitrogen and oxygen atoms in total. The number of rotatable bonds is 6. The van der Waals surface area contributed by atoms with Crippen LogP contribution < -0.4 is 9.47 Å². The largest absolute Gasteiger partial charge is 0.497 e. The van der Waals surface area contributed by atoms with Gasteiger partial charge < -0.3 is 9.47 Å². The SMILES string of the molecule is COc1ccc(OCc2ccccc2)c(-c2ccnn2-c2ccccn2)c1. The van der Waals surface area contributed by atoms with Crippen LogP contribution >= 0.6 is 0 Å². The molecule has 4 aromatic rings. The molecule has 27 heavy (non-hydrogen) atoms. The van der Waals surface area contributed by atoms with Crippen LogP contribution in [-0.4, -0.2) is 21.9 Å². The van der Waals surface area contributed by atoms with E-state index >= 15 is 0 Å².